The number of carbonyl (C=O) groups excluding carboxylic acids is 2. The van der Waals surface area contributed by atoms with E-state index in [0.29, 0.717) is 23.5 Å². The number of carbonyl (C=O) groups is 2. The van der Waals surface area contributed by atoms with Gasteiger partial charge >= 0.3 is 0 Å². The van der Waals surface area contributed by atoms with Gasteiger partial charge in [0.1, 0.15) is 0 Å². The maximum absolute atomic E-state index is 13.9. The Kier molecular flexibility index (Phi) is 3.77. The molecule has 0 saturated carbocycles. The highest BCUT2D eigenvalue weighted by atomic mass is 16.2. The molecule has 2 aliphatic heterocycles. The standard InChI is InChI=1S/C24H19N3O2/c1-2-16-26-21-15-9-7-13-19(21)24(23(26)29)25-20-14-8-6-12-18(20)22(28)27(24)17-10-4-3-5-11-17/h2-15,25H,1,16H2. The molecule has 142 valence electrons. The minimum atomic E-state index is -1.35. The van der Waals surface area contributed by atoms with Crippen LogP contribution in [0.5, 0.6) is 0 Å². The van der Waals surface area contributed by atoms with Gasteiger partial charge in [-0.1, -0.05) is 54.6 Å². The number of hydrogen-bond acceptors (Lipinski definition) is 3. The van der Waals surface area contributed by atoms with Crippen molar-refractivity contribution in [3.8, 4) is 0 Å². The molecule has 1 unspecified atom stereocenters. The van der Waals surface area contributed by atoms with Crippen LogP contribution in [0.25, 0.3) is 0 Å². The summed E-state index contributed by atoms with van der Waals surface area (Å²) in [5.41, 5.74) is 2.01. The Hall–Kier alpha value is -3.86. The number of hydrogen-bond donors (Lipinski definition) is 1. The van der Waals surface area contributed by atoms with E-state index in [1.54, 1.807) is 21.9 Å². The molecule has 3 aromatic carbocycles. The fourth-order valence-electron chi connectivity index (χ4n) is 4.27. The number of anilines is 3. The third kappa shape index (κ3) is 2.27. The lowest BCUT2D eigenvalue weighted by atomic mass is 9.92. The lowest BCUT2D eigenvalue weighted by Gasteiger charge is -2.45. The number of para-hydroxylation sites is 3. The molecule has 0 fully saturated rings. The molecule has 1 spiro atoms. The fourth-order valence-corrected chi connectivity index (χ4v) is 4.27. The number of nitrogens with one attached hydrogen (secondary N) is 1. The van der Waals surface area contributed by atoms with E-state index < -0.39 is 5.66 Å². The first-order valence-electron chi connectivity index (χ1n) is 9.47. The average molecular weight is 381 g/mol. The zero-order valence-electron chi connectivity index (χ0n) is 15.7. The van der Waals surface area contributed by atoms with Crippen LogP contribution in [-0.4, -0.2) is 18.4 Å². The lowest BCUT2D eigenvalue weighted by molar-refractivity contribution is -0.122. The van der Waals surface area contributed by atoms with Crippen LogP contribution >= 0.6 is 0 Å². The second-order valence-corrected chi connectivity index (χ2v) is 7.08. The first kappa shape index (κ1) is 17.3. The van der Waals surface area contributed by atoms with Crippen LogP contribution in [0.1, 0.15) is 15.9 Å². The van der Waals surface area contributed by atoms with Crippen LogP contribution in [-0.2, 0) is 10.5 Å². The van der Waals surface area contributed by atoms with E-state index >= 15 is 0 Å². The molecule has 0 radical (unpaired) electrons. The van der Waals surface area contributed by atoms with E-state index in [4.69, 9.17) is 0 Å². The quantitative estimate of drug-likeness (QED) is 0.694. The molecule has 2 aliphatic rings. The van der Waals surface area contributed by atoms with Crippen LogP contribution in [0.2, 0.25) is 0 Å². The van der Waals surface area contributed by atoms with E-state index in [9.17, 15) is 9.59 Å². The highest BCUT2D eigenvalue weighted by Crippen LogP contribution is 2.49. The number of nitrogens with zero attached hydrogens (tertiary/aromatic N) is 2. The summed E-state index contributed by atoms with van der Waals surface area (Å²) in [6, 6.07) is 24.2. The summed E-state index contributed by atoms with van der Waals surface area (Å²) in [7, 11) is 0. The Bertz CT molecular complexity index is 1140. The summed E-state index contributed by atoms with van der Waals surface area (Å²) in [5, 5.41) is 3.43. The van der Waals surface area contributed by atoms with Crippen molar-refractivity contribution in [3.05, 3.63) is 103 Å². The van der Waals surface area contributed by atoms with Crippen LogP contribution in [0.15, 0.2) is 91.5 Å². The summed E-state index contributed by atoms with van der Waals surface area (Å²) in [4.78, 5) is 30.8. The van der Waals surface area contributed by atoms with Gasteiger partial charge in [-0.2, -0.15) is 0 Å². The highest BCUT2D eigenvalue weighted by Gasteiger charge is 2.59. The van der Waals surface area contributed by atoms with Crippen LogP contribution < -0.4 is 15.1 Å². The Morgan fingerprint density at radius 1 is 0.897 bits per heavy atom. The lowest BCUT2D eigenvalue weighted by Crippen LogP contribution is -2.63. The second kappa shape index (κ2) is 6.34. The highest BCUT2D eigenvalue weighted by molar-refractivity contribution is 6.22. The van der Waals surface area contributed by atoms with Crippen LogP contribution in [0.3, 0.4) is 0 Å². The molecule has 0 saturated heterocycles. The Morgan fingerprint density at radius 3 is 2.38 bits per heavy atom. The minimum absolute atomic E-state index is 0.203. The topological polar surface area (TPSA) is 52.7 Å². The molecule has 0 bridgehead atoms. The van der Waals surface area contributed by atoms with Crippen molar-refractivity contribution in [1.82, 2.24) is 0 Å². The van der Waals surface area contributed by atoms with E-state index in [-0.39, 0.29) is 11.8 Å². The first-order valence-corrected chi connectivity index (χ1v) is 9.47. The molecule has 1 atom stereocenters. The van der Waals surface area contributed by atoms with Gasteiger partial charge in [-0.05, 0) is 30.3 Å². The third-order valence-corrected chi connectivity index (χ3v) is 5.48. The van der Waals surface area contributed by atoms with Crippen molar-refractivity contribution in [1.29, 1.82) is 0 Å². The summed E-state index contributed by atoms with van der Waals surface area (Å²) in [5.74, 6) is -0.417. The molecular weight excluding hydrogens is 362 g/mol. The number of fused-ring (bicyclic) bond motifs is 3. The number of rotatable bonds is 3. The van der Waals surface area contributed by atoms with Gasteiger partial charge in [-0.25, -0.2) is 0 Å². The van der Waals surface area contributed by atoms with Gasteiger partial charge in [0.05, 0.1) is 11.3 Å². The van der Waals surface area contributed by atoms with Gasteiger partial charge < -0.3 is 10.2 Å². The molecular formula is C24H19N3O2. The molecule has 2 heterocycles. The van der Waals surface area contributed by atoms with Crippen molar-refractivity contribution >= 4 is 28.9 Å². The van der Waals surface area contributed by atoms with Gasteiger partial charge in [0, 0.05) is 23.5 Å². The van der Waals surface area contributed by atoms with Crippen LogP contribution in [0.4, 0.5) is 17.1 Å². The number of amides is 2. The Labute approximate surface area is 168 Å². The monoisotopic (exact) mass is 381 g/mol. The van der Waals surface area contributed by atoms with Crippen molar-refractivity contribution in [2.75, 3.05) is 21.7 Å². The number of benzene rings is 3. The largest absolute Gasteiger partial charge is 0.350 e. The van der Waals surface area contributed by atoms with Crippen molar-refractivity contribution in [2.45, 2.75) is 5.66 Å². The van der Waals surface area contributed by atoms with Gasteiger partial charge in [0.2, 0.25) is 5.66 Å². The zero-order chi connectivity index (χ0) is 20.0. The van der Waals surface area contributed by atoms with E-state index in [1.165, 1.54) is 0 Å². The Balaban J connectivity index is 1.82. The molecule has 5 heteroatoms. The van der Waals surface area contributed by atoms with E-state index in [2.05, 4.69) is 11.9 Å². The molecule has 5 rings (SSSR count). The predicted molar refractivity (Wildman–Crippen MR) is 114 cm³/mol. The summed E-state index contributed by atoms with van der Waals surface area (Å²) >= 11 is 0. The molecule has 3 aromatic rings. The molecule has 1 N–H and O–H groups in total. The summed E-state index contributed by atoms with van der Waals surface area (Å²) in [6.45, 7) is 4.16. The maximum atomic E-state index is 13.9. The van der Waals surface area contributed by atoms with Gasteiger partial charge in [-0.15, -0.1) is 6.58 Å². The molecule has 29 heavy (non-hydrogen) atoms. The molecule has 0 aromatic heterocycles. The molecule has 5 nitrogen and oxygen atoms in total. The fraction of sp³-hybridized carbons (Fsp3) is 0.0833. The van der Waals surface area contributed by atoms with Gasteiger partial charge in [-0.3, -0.25) is 14.5 Å². The van der Waals surface area contributed by atoms with Gasteiger partial charge in [0.15, 0.2) is 0 Å². The molecule has 0 aliphatic carbocycles. The zero-order valence-corrected chi connectivity index (χ0v) is 15.7. The van der Waals surface area contributed by atoms with Crippen molar-refractivity contribution < 1.29 is 9.59 Å². The minimum Gasteiger partial charge on any atom is -0.350 e. The first-order chi connectivity index (χ1) is 14.2. The van der Waals surface area contributed by atoms with Crippen molar-refractivity contribution in [3.63, 3.8) is 0 Å². The normalized spacial score (nSPS) is 19.7. The van der Waals surface area contributed by atoms with E-state index in [1.807, 2.05) is 72.8 Å². The van der Waals surface area contributed by atoms with E-state index in [0.717, 1.165) is 11.3 Å². The third-order valence-electron chi connectivity index (χ3n) is 5.48. The van der Waals surface area contributed by atoms with Crippen molar-refractivity contribution in [2.24, 2.45) is 0 Å². The SMILES string of the molecule is C=CCN1C(=O)C2(Nc3ccccc3C(=O)N2c2ccccc2)c2ccccc21. The smallest absolute Gasteiger partial charge is 0.279 e. The summed E-state index contributed by atoms with van der Waals surface area (Å²) in [6.07, 6.45) is 1.69. The predicted octanol–water partition coefficient (Wildman–Crippen LogP) is 4.14. The van der Waals surface area contributed by atoms with Gasteiger partial charge in [0.25, 0.3) is 11.8 Å². The average Bonchev–Trinajstić information content (AvgIpc) is 2.98. The Morgan fingerprint density at radius 2 is 1.59 bits per heavy atom. The maximum Gasteiger partial charge on any atom is 0.279 e. The van der Waals surface area contributed by atoms with Crippen LogP contribution in [0, 0.1) is 0 Å². The summed E-state index contributed by atoms with van der Waals surface area (Å²) < 4.78 is 0. The molecule has 2 amide bonds. The second-order valence-electron chi connectivity index (χ2n) is 7.08.